The average Bonchev–Trinajstić information content (AvgIpc) is 2.45. The van der Waals surface area contributed by atoms with Gasteiger partial charge in [0.2, 0.25) is 10.0 Å². The molecule has 0 saturated heterocycles. The molecule has 120 valence electrons. The largest absolute Gasteiger partial charge is 0.326 e. The molecule has 1 aromatic rings. The van der Waals surface area contributed by atoms with Gasteiger partial charge in [-0.1, -0.05) is 57.4 Å². The molecule has 1 rings (SSSR count). The summed E-state index contributed by atoms with van der Waals surface area (Å²) in [6, 6.07) is 7.50. The van der Waals surface area contributed by atoms with E-state index >= 15 is 0 Å². The molecule has 1 aromatic carbocycles. The zero-order valence-electron chi connectivity index (χ0n) is 13.1. The van der Waals surface area contributed by atoms with Crippen molar-refractivity contribution in [1.29, 1.82) is 0 Å². The molecule has 0 bridgehead atoms. The normalized spacial score (nSPS) is 13.3. The van der Waals surface area contributed by atoms with Gasteiger partial charge in [0.25, 0.3) is 0 Å². The van der Waals surface area contributed by atoms with Crippen molar-refractivity contribution < 1.29 is 8.42 Å². The summed E-state index contributed by atoms with van der Waals surface area (Å²) in [7, 11) is -3.32. The summed E-state index contributed by atoms with van der Waals surface area (Å²) in [5.41, 5.74) is 7.35. The van der Waals surface area contributed by atoms with Gasteiger partial charge in [0, 0.05) is 12.6 Å². The van der Waals surface area contributed by atoms with Gasteiger partial charge in [0.05, 0.1) is 5.75 Å². The van der Waals surface area contributed by atoms with Crippen molar-refractivity contribution in [3.8, 4) is 0 Å². The Morgan fingerprint density at radius 2 is 1.76 bits per heavy atom. The molecule has 0 spiro atoms. The molecular weight excluding hydrogens is 284 g/mol. The van der Waals surface area contributed by atoms with Crippen molar-refractivity contribution in [2.75, 3.05) is 0 Å². The fourth-order valence-corrected chi connectivity index (χ4v) is 3.98. The van der Waals surface area contributed by atoms with Crippen LogP contribution in [0.1, 0.15) is 57.1 Å². The topological polar surface area (TPSA) is 72.2 Å². The number of hydrogen-bond acceptors (Lipinski definition) is 3. The quantitative estimate of drug-likeness (QED) is 0.697. The van der Waals surface area contributed by atoms with Crippen molar-refractivity contribution >= 4 is 10.0 Å². The third-order valence-corrected chi connectivity index (χ3v) is 4.96. The first kappa shape index (κ1) is 18.1. The number of nitrogens with two attached hydrogens (primary N) is 1. The molecule has 0 aliphatic carbocycles. The van der Waals surface area contributed by atoms with Crippen LogP contribution in [-0.4, -0.2) is 14.5 Å². The van der Waals surface area contributed by atoms with Crippen LogP contribution in [0.25, 0.3) is 0 Å². The molecule has 3 N–H and O–H groups in total. The summed E-state index contributed by atoms with van der Waals surface area (Å²) in [6.45, 7) is 4.56. The maximum atomic E-state index is 12.4. The average molecular weight is 312 g/mol. The van der Waals surface area contributed by atoms with Crippen LogP contribution in [-0.2, 0) is 22.3 Å². The second kappa shape index (κ2) is 9.18. The van der Waals surface area contributed by atoms with E-state index in [1.54, 1.807) is 0 Å². The first-order valence-electron chi connectivity index (χ1n) is 7.79. The molecular formula is C16H28N2O2S. The summed E-state index contributed by atoms with van der Waals surface area (Å²) in [6.07, 6.45) is 4.90. The van der Waals surface area contributed by atoms with E-state index in [0.717, 1.165) is 43.2 Å². The van der Waals surface area contributed by atoms with E-state index in [1.165, 1.54) is 0 Å². The maximum Gasteiger partial charge on any atom is 0.216 e. The predicted octanol–water partition coefficient (Wildman–Crippen LogP) is 2.92. The van der Waals surface area contributed by atoms with Gasteiger partial charge in [-0.3, -0.25) is 0 Å². The van der Waals surface area contributed by atoms with Crippen LogP contribution in [0.5, 0.6) is 0 Å². The van der Waals surface area contributed by atoms with Gasteiger partial charge in [-0.2, -0.15) is 0 Å². The van der Waals surface area contributed by atoms with Crippen LogP contribution < -0.4 is 10.5 Å². The van der Waals surface area contributed by atoms with Crippen LogP contribution in [0.4, 0.5) is 0 Å². The van der Waals surface area contributed by atoms with Crippen molar-refractivity contribution in [2.24, 2.45) is 5.73 Å². The minimum atomic E-state index is -3.32. The van der Waals surface area contributed by atoms with E-state index < -0.39 is 10.0 Å². The smallest absolute Gasteiger partial charge is 0.216 e. The standard InChI is InChI=1S/C16H28N2O2S/c1-3-5-11-16(8-4-2)18-21(19,20)13-15-10-7-6-9-14(15)12-17/h6-7,9-10,16,18H,3-5,8,11-13,17H2,1-2H3. The molecule has 0 radical (unpaired) electrons. The zero-order valence-corrected chi connectivity index (χ0v) is 14.0. The first-order valence-corrected chi connectivity index (χ1v) is 9.44. The molecule has 0 amide bonds. The van der Waals surface area contributed by atoms with E-state index in [1.807, 2.05) is 24.3 Å². The molecule has 4 nitrogen and oxygen atoms in total. The van der Waals surface area contributed by atoms with Gasteiger partial charge in [-0.15, -0.1) is 0 Å². The lowest BCUT2D eigenvalue weighted by molar-refractivity contribution is 0.483. The summed E-state index contributed by atoms with van der Waals surface area (Å²) in [4.78, 5) is 0. The van der Waals surface area contributed by atoms with E-state index in [-0.39, 0.29) is 11.8 Å². The van der Waals surface area contributed by atoms with Gasteiger partial charge in [0.1, 0.15) is 0 Å². The van der Waals surface area contributed by atoms with Gasteiger partial charge < -0.3 is 5.73 Å². The Morgan fingerprint density at radius 1 is 1.10 bits per heavy atom. The first-order chi connectivity index (χ1) is 10.0. The van der Waals surface area contributed by atoms with Gasteiger partial charge >= 0.3 is 0 Å². The predicted molar refractivity (Wildman–Crippen MR) is 88.3 cm³/mol. The highest BCUT2D eigenvalue weighted by Gasteiger charge is 2.18. The Bertz CT molecular complexity index is 515. The van der Waals surface area contributed by atoms with Crippen molar-refractivity contribution in [3.63, 3.8) is 0 Å². The second-order valence-electron chi connectivity index (χ2n) is 5.48. The fraction of sp³-hybridized carbons (Fsp3) is 0.625. The maximum absolute atomic E-state index is 12.4. The number of hydrogen-bond donors (Lipinski definition) is 2. The lowest BCUT2D eigenvalue weighted by Gasteiger charge is -2.18. The third-order valence-electron chi connectivity index (χ3n) is 3.57. The highest BCUT2D eigenvalue weighted by molar-refractivity contribution is 7.88. The minimum absolute atomic E-state index is 0.00666. The van der Waals surface area contributed by atoms with E-state index in [0.29, 0.717) is 6.54 Å². The van der Waals surface area contributed by atoms with E-state index in [4.69, 9.17) is 5.73 Å². The fourth-order valence-electron chi connectivity index (χ4n) is 2.46. The Labute approximate surface area is 129 Å². The van der Waals surface area contributed by atoms with Crippen LogP contribution in [0.3, 0.4) is 0 Å². The van der Waals surface area contributed by atoms with Crippen molar-refractivity contribution in [1.82, 2.24) is 4.72 Å². The van der Waals surface area contributed by atoms with Gasteiger partial charge in [-0.25, -0.2) is 13.1 Å². The second-order valence-corrected chi connectivity index (χ2v) is 7.23. The SMILES string of the molecule is CCCCC(CCC)NS(=O)(=O)Cc1ccccc1CN. The van der Waals surface area contributed by atoms with Crippen LogP contribution in [0.2, 0.25) is 0 Å². The monoisotopic (exact) mass is 312 g/mol. The highest BCUT2D eigenvalue weighted by atomic mass is 32.2. The Kier molecular flexibility index (Phi) is 7.93. The van der Waals surface area contributed by atoms with Crippen LogP contribution in [0.15, 0.2) is 24.3 Å². The molecule has 1 unspecified atom stereocenters. The molecule has 0 aliphatic heterocycles. The molecule has 21 heavy (non-hydrogen) atoms. The van der Waals surface area contributed by atoms with Crippen molar-refractivity contribution in [2.45, 2.75) is 64.3 Å². The Morgan fingerprint density at radius 3 is 2.33 bits per heavy atom. The number of benzene rings is 1. The number of unbranched alkanes of at least 4 members (excludes halogenated alkanes) is 1. The van der Waals surface area contributed by atoms with Crippen LogP contribution in [0, 0.1) is 0 Å². The molecule has 0 aliphatic rings. The Hall–Kier alpha value is -0.910. The zero-order chi connectivity index (χ0) is 15.7. The molecule has 0 fully saturated rings. The molecule has 0 saturated carbocycles. The number of nitrogens with one attached hydrogen (secondary N) is 1. The number of sulfonamides is 1. The van der Waals surface area contributed by atoms with Gasteiger partial charge in [0.15, 0.2) is 0 Å². The molecule has 1 atom stereocenters. The highest BCUT2D eigenvalue weighted by Crippen LogP contribution is 2.14. The Balaban J connectivity index is 2.75. The molecule has 0 heterocycles. The van der Waals surface area contributed by atoms with E-state index in [2.05, 4.69) is 18.6 Å². The van der Waals surface area contributed by atoms with E-state index in [9.17, 15) is 8.42 Å². The number of rotatable bonds is 10. The summed E-state index contributed by atoms with van der Waals surface area (Å²) < 4.78 is 27.6. The lowest BCUT2D eigenvalue weighted by Crippen LogP contribution is -2.35. The lowest BCUT2D eigenvalue weighted by atomic mass is 10.1. The van der Waals surface area contributed by atoms with Crippen molar-refractivity contribution in [3.05, 3.63) is 35.4 Å². The molecule has 0 aromatic heterocycles. The molecule has 5 heteroatoms. The summed E-state index contributed by atoms with van der Waals surface area (Å²) >= 11 is 0. The van der Waals surface area contributed by atoms with Gasteiger partial charge in [-0.05, 0) is 24.0 Å². The third kappa shape index (κ3) is 6.59. The summed E-state index contributed by atoms with van der Waals surface area (Å²) in [5, 5.41) is 0. The minimum Gasteiger partial charge on any atom is -0.326 e. The van der Waals surface area contributed by atoms with Crippen LogP contribution >= 0.6 is 0 Å². The summed E-state index contributed by atoms with van der Waals surface area (Å²) in [5.74, 6) is 0.00666.